The molecule has 0 aliphatic carbocycles. The monoisotopic (exact) mass is 372 g/mol. The van der Waals surface area contributed by atoms with Gasteiger partial charge in [0.2, 0.25) is 5.95 Å². The number of nitrogens with two attached hydrogens (primary N) is 1. The van der Waals surface area contributed by atoms with E-state index in [1.807, 2.05) is 6.26 Å². The average molecular weight is 373 g/mol. The van der Waals surface area contributed by atoms with Crippen molar-refractivity contribution in [2.45, 2.75) is 24.7 Å². The zero-order valence-electron chi connectivity index (χ0n) is 12.3. The molecule has 0 amide bonds. The third-order valence-corrected chi connectivity index (χ3v) is 4.83. The second-order valence-corrected chi connectivity index (χ2v) is 6.61. The summed E-state index contributed by atoms with van der Waals surface area (Å²) >= 11 is 13.6. The second-order valence-electron chi connectivity index (χ2n) is 5.10. The first-order chi connectivity index (χ1) is 11.0. The van der Waals surface area contributed by atoms with Gasteiger partial charge in [-0.15, -0.1) is 0 Å². The van der Waals surface area contributed by atoms with Crippen LogP contribution in [0.3, 0.4) is 0 Å². The number of aromatic amines is 1. The molecule has 10 heteroatoms. The van der Waals surface area contributed by atoms with Crippen LogP contribution in [0.1, 0.15) is 16.8 Å². The Kier molecular flexibility index (Phi) is 4.77. The largest absolute Gasteiger partial charge is 0.368 e. The molecule has 7 nitrogen and oxygen atoms in total. The third-order valence-electron chi connectivity index (χ3n) is 3.62. The summed E-state index contributed by atoms with van der Waals surface area (Å²) in [5.74, 6) is 0.0398. The fraction of sp³-hybridized carbons (Fsp3) is 0.385. The van der Waals surface area contributed by atoms with Gasteiger partial charge in [0.05, 0.1) is 11.3 Å². The lowest BCUT2D eigenvalue weighted by atomic mass is 10.1. The molecule has 0 aromatic carbocycles. The molecule has 3 rings (SSSR count). The SMILES string of the molecule is CSc1nc2c(c(=O)[nH]1)CN(Cc1c(Cl)nc(N)nc1Cl)CC2. The van der Waals surface area contributed by atoms with Crippen molar-refractivity contribution in [2.24, 2.45) is 0 Å². The lowest BCUT2D eigenvalue weighted by Gasteiger charge is -2.27. The maximum absolute atomic E-state index is 12.2. The normalized spacial score (nSPS) is 14.7. The van der Waals surface area contributed by atoms with Gasteiger partial charge in [0.15, 0.2) is 5.16 Å². The first-order valence-corrected chi connectivity index (χ1v) is 8.81. The minimum absolute atomic E-state index is 0.0398. The van der Waals surface area contributed by atoms with Crippen molar-refractivity contribution >= 4 is 40.9 Å². The van der Waals surface area contributed by atoms with Gasteiger partial charge in [-0.2, -0.15) is 0 Å². The number of nitrogens with one attached hydrogen (secondary N) is 1. The second kappa shape index (κ2) is 6.64. The smallest absolute Gasteiger partial charge is 0.256 e. The Morgan fingerprint density at radius 2 is 2.00 bits per heavy atom. The van der Waals surface area contributed by atoms with E-state index in [2.05, 4.69) is 24.8 Å². The van der Waals surface area contributed by atoms with E-state index in [0.717, 1.165) is 12.2 Å². The fourth-order valence-electron chi connectivity index (χ4n) is 2.49. The number of halogens is 2. The minimum atomic E-state index is -0.102. The number of nitrogen functional groups attached to an aromatic ring is 1. The molecule has 0 atom stereocenters. The molecule has 122 valence electrons. The number of anilines is 1. The number of aromatic nitrogens is 4. The van der Waals surface area contributed by atoms with E-state index < -0.39 is 0 Å². The molecule has 0 bridgehead atoms. The summed E-state index contributed by atoms with van der Waals surface area (Å²) in [6.07, 6.45) is 2.57. The van der Waals surface area contributed by atoms with Crippen molar-refractivity contribution in [2.75, 3.05) is 18.5 Å². The Labute approximate surface area is 146 Å². The van der Waals surface area contributed by atoms with Gasteiger partial charge in [0.1, 0.15) is 10.3 Å². The molecule has 0 saturated carbocycles. The Morgan fingerprint density at radius 3 is 2.65 bits per heavy atom. The lowest BCUT2D eigenvalue weighted by Crippen LogP contribution is -2.35. The van der Waals surface area contributed by atoms with Crippen molar-refractivity contribution in [1.29, 1.82) is 0 Å². The number of nitrogens with zero attached hydrogens (tertiary/aromatic N) is 4. The number of hydrogen-bond acceptors (Lipinski definition) is 7. The van der Waals surface area contributed by atoms with Gasteiger partial charge in [-0.1, -0.05) is 35.0 Å². The molecule has 0 radical (unpaired) electrons. The molecule has 3 heterocycles. The van der Waals surface area contributed by atoms with E-state index in [0.29, 0.717) is 35.8 Å². The van der Waals surface area contributed by atoms with Crippen LogP contribution in [-0.2, 0) is 19.5 Å². The standard InChI is InChI=1S/C13H14Cl2N6OS/c1-23-13-17-8-2-3-21(4-6(8)11(22)20-13)5-7-9(14)18-12(16)19-10(7)15/h2-5H2,1H3,(H2,16,18,19)(H,17,20,22). The van der Waals surface area contributed by atoms with Crippen molar-refractivity contribution in [1.82, 2.24) is 24.8 Å². The van der Waals surface area contributed by atoms with E-state index in [4.69, 9.17) is 28.9 Å². The van der Waals surface area contributed by atoms with E-state index in [1.54, 1.807) is 0 Å². The molecule has 0 fully saturated rings. The molecule has 0 unspecified atom stereocenters. The molecular formula is C13H14Cl2N6OS. The Balaban J connectivity index is 1.85. The molecule has 2 aromatic rings. The summed E-state index contributed by atoms with van der Waals surface area (Å²) in [5.41, 5.74) is 7.54. The highest BCUT2D eigenvalue weighted by atomic mass is 35.5. The Bertz CT molecular complexity index is 789. The predicted octanol–water partition coefficient (Wildman–Crippen LogP) is 1.73. The first kappa shape index (κ1) is 16.5. The zero-order valence-corrected chi connectivity index (χ0v) is 14.6. The summed E-state index contributed by atoms with van der Waals surface area (Å²) in [6.45, 7) is 1.67. The van der Waals surface area contributed by atoms with Crippen LogP contribution in [0.2, 0.25) is 10.3 Å². The van der Waals surface area contributed by atoms with Gasteiger partial charge in [-0.3, -0.25) is 9.69 Å². The summed E-state index contributed by atoms with van der Waals surface area (Å²) < 4.78 is 0. The fourth-order valence-corrected chi connectivity index (χ4v) is 3.41. The van der Waals surface area contributed by atoms with Gasteiger partial charge >= 0.3 is 0 Å². The van der Waals surface area contributed by atoms with Crippen molar-refractivity contribution in [3.8, 4) is 0 Å². The third kappa shape index (κ3) is 3.45. The highest BCUT2D eigenvalue weighted by Gasteiger charge is 2.23. The molecule has 1 aliphatic heterocycles. The van der Waals surface area contributed by atoms with Gasteiger partial charge in [0.25, 0.3) is 5.56 Å². The molecule has 2 aromatic heterocycles. The summed E-state index contributed by atoms with van der Waals surface area (Å²) in [4.78, 5) is 29.3. The number of fused-ring (bicyclic) bond motifs is 1. The van der Waals surface area contributed by atoms with Crippen molar-refractivity contribution < 1.29 is 0 Å². The highest BCUT2D eigenvalue weighted by molar-refractivity contribution is 7.98. The van der Waals surface area contributed by atoms with E-state index >= 15 is 0 Å². The number of rotatable bonds is 3. The molecular weight excluding hydrogens is 359 g/mol. The van der Waals surface area contributed by atoms with Crippen LogP contribution in [0.15, 0.2) is 9.95 Å². The van der Waals surface area contributed by atoms with Crippen molar-refractivity contribution in [3.63, 3.8) is 0 Å². The zero-order chi connectivity index (χ0) is 16.6. The van der Waals surface area contributed by atoms with Crippen molar-refractivity contribution in [3.05, 3.63) is 37.5 Å². The molecule has 0 saturated heterocycles. The topological polar surface area (TPSA) is 101 Å². The number of hydrogen-bond donors (Lipinski definition) is 2. The average Bonchev–Trinajstić information content (AvgIpc) is 2.51. The van der Waals surface area contributed by atoms with E-state index in [-0.39, 0.29) is 21.8 Å². The summed E-state index contributed by atoms with van der Waals surface area (Å²) in [5, 5.41) is 1.11. The van der Waals surface area contributed by atoms with E-state index in [9.17, 15) is 4.79 Å². The highest BCUT2D eigenvalue weighted by Crippen LogP contribution is 2.25. The Hall–Kier alpha value is -1.35. The van der Waals surface area contributed by atoms with Gasteiger partial charge in [0, 0.05) is 31.6 Å². The van der Waals surface area contributed by atoms with Crippen LogP contribution < -0.4 is 11.3 Å². The molecule has 3 N–H and O–H groups in total. The summed E-state index contributed by atoms with van der Waals surface area (Å²) in [7, 11) is 0. The van der Waals surface area contributed by atoms with E-state index in [1.165, 1.54) is 11.8 Å². The van der Waals surface area contributed by atoms with Crippen LogP contribution in [0.4, 0.5) is 5.95 Å². The van der Waals surface area contributed by atoms with Gasteiger partial charge < -0.3 is 10.7 Å². The lowest BCUT2D eigenvalue weighted by molar-refractivity contribution is 0.240. The van der Waals surface area contributed by atoms with Gasteiger partial charge in [-0.05, 0) is 6.26 Å². The maximum atomic E-state index is 12.2. The number of thioether (sulfide) groups is 1. The first-order valence-electron chi connectivity index (χ1n) is 6.83. The van der Waals surface area contributed by atoms with Crippen LogP contribution in [0, 0.1) is 0 Å². The van der Waals surface area contributed by atoms with Crippen LogP contribution in [-0.4, -0.2) is 37.6 Å². The Morgan fingerprint density at radius 1 is 1.30 bits per heavy atom. The van der Waals surface area contributed by atoms with Crippen LogP contribution >= 0.6 is 35.0 Å². The quantitative estimate of drug-likeness (QED) is 0.480. The molecule has 23 heavy (non-hydrogen) atoms. The minimum Gasteiger partial charge on any atom is -0.368 e. The summed E-state index contributed by atoms with van der Waals surface area (Å²) in [6, 6.07) is 0. The van der Waals surface area contributed by atoms with Crippen LogP contribution in [0.5, 0.6) is 0 Å². The number of H-pyrrole nitrogens is 1. The van der Waals surface area contributed by atoms with Gasteiger partial charge in [-0.25, -0.2) is 15.0 Å². The molecule has 0 spiro atoms. The predicted molar refractivity (Wildman–Crippen MR) is 90.9 cm³/mol. The maximum Gasteiger partial charge on any atom is 0.256 e. The van der Waals surface area contributed by atoms with Crippen LogP contribution in [0.25, 0.3) is 0 Å². The molecule has 1 aliphatic rings.